The van der Waals surface area contributed by atoms with Gasteiger partial charge in [-0.1, -0.05) is 0 Å². The lowest BCUT2D eigenvalue weighted by Crippen LogP contribution is -2.49. The van der Waals surface area contributed by atoms with Crippen LogP contribution in [0, 0.1) is 0 Å². The molecule has 0 radical (unpaired) electrons. The molecule has 2 unspecified atom stereocenters. The molecule has 2 aliphatic heterocycles. The van der Waals surface area contributed by atoms with Crippen molar-refractivity contribution in [1.82, 2.24) is 10.6 Å². The van der Waals surface area contributed by atoms with Gasteiger partial charge in [-0.3, -0.25) is 10.1 Å². The summed E-state index contributed by atoms with van der Waals surface area (Å²) in [6.45, 7) is 2.86. The molecular weight excluding hydrogens is 248 g/mol. The van der Waals surface area contributed by atoms with Crippen molar-refractivity contribution in [2.75, 3.05) is 18.2 Å². The molecule has 94 valence electrons. The van der Waals surface area contributed by atoms with Crippen LogP contribution >= 0.6 is 24.2 Å². The van der Waals surface area contributed by atoms with Gasteiger partial charge in [-0.15, -0.1) is 24.2 Å². The molecule has 0 spiro atoms. The Labute approximate surface area is 107 Å². The van der Waals surface area contributed by atoms with Crippen LogP contribution in [0.2, 0.25) is 0 Å². The van der Waals surface area contributed by atoms with Crippen LogP contribution in [0.4, 0.5) is 0 Å². The van der Waals surface area contributed by atoms with E-state index in [1.807, 2.05) is 6.92 Å². The molecule has 0 bridgehead atoms. The van der Waals surface area contributed by atoms with Gasteiger partial charge in [0, 0.05) is 18.2 Å². The van der Waals surface area contributed by atoms with Gasteiger partial charge in [-0.2, -0.15) is 0 Å². The molecular formula is C10H19ClN2O2S. The second-order valence-corrected chi connectivity index (χ2v) is 5.15. The summed E-state index contributed by atoms with van der Waals surface area (Å²) in [5.74, 6) is 1.87. The zero-order chi connectivity index (χ0) is 10.7. The van der Waals surface area contributed by atoms with Gasteiger partial charge in [0.15, 0.2) is 0 Å². The Bertz CT molecular complexity index is 231. The van der Waals surface area contributed by atoms with E-state index in [9.17, 15) is 4.79 Å². The second kappa shape index (κ2) is 6.69. The molecule has 2 fully saturated rings. The van der Waals surface area contributed by atoms with E-state index in [2.05, 4.69) is 10.6 Å². The molecule has 2 N–H and O–H groups in total. The topological polar surface area (TPSA) is 50.4 Å². The van der Waals surface area contributed by atoms with Crippen molar-refractivity contribution in [3.63, 3.8) is 0 Å². The largest absolute Gasteiger partial charge is 0.376 e. The van der Waals surface area contributed by atoms with E-state index < -0.39 is 0 Å². The first-order valence-corrected chi connectivity index (χ1v) is 6.66. The Morgan fingerprint density at radius 3 is 3.00 bits per heavy atom. The first kappa shape index (κ1) is 14.1. The minimum Gasteiger partial charge on any atom is -0.376 e. The molecule has 2 aliphatic rings. The maximum absolute atomic E-state index is 11.8. The highest BCUT2D eigenvalue weighted by atomic mass is 35.5. The Morgan fingerprint density at radius 1 is 1.62 bits per heavy atom. The Morgan fingerprint density at radius 2 is 2.44 bits per heavy atom. The van der Waals surface area contributed by atoms with Crippen LogP contribution in [0.3, 0.4) is 0 Å². The molecule has 6 heteroatoms. The number of rotatable bonds is 3. The third kappa shape index (κ3) is 3.52. The predicted octanol–water partition coefficient (Wildman–Crippen LogP) is 0.754. The van der Waals surface area contributed by atoms with Crippen molar-refractivity contribution in [1.29, 1.82) is 0 Å². The standard InChI is InChI=1S/C10H18N2O2S.ClH/c1-7(9-3-2-4-14-9)12-10(13)8-5-15-6-11-8;/h7-9,11H,2-6H2,1H3,(H,12,13);1H/t7?,8-,9?;/m1./s1. The number of amides is 1. The lowest BCUT2D eigenvalue weighted by atomic mass is 10.1. The minimum atomic E-state index is -0.0150. The van der Waals surface area contributed by atoms with E-state index in [1.165, 1.54) is 0 Å². The lowest BCUT2D eigenvalue weighted by molar-refractivity contribution is -0.123. The zero-order valence-corrected chi connectivity index (χ0v) is 11.0. The third-order valence-corrected chi connectivity index (χ3v) is 3.87. The van der Waals surface area contributed by atoms with Crippen LogP contribution in [0.1, 0.15) is 19.8 Å². The number of hydrogen-bond donors (Lipinski definition) is 2. The van der Waals surface area contributed by atoms with E-state index in [0.717, 1.165) is 31.1 Å². The highest BCUT2D eigenvalue weighted by Crippen LogP contribution is 2.16. The number of carbonyl (C=O) groups is 1. The molecule has 16 heavy (non-hydrogen) atoms. The van der Waals surface area contributed by atoms with Gasteiger partial charge >= 0.3 is 0 Å². The Kier molecular flexibility index (Phi) is 5.89. The summed E-state index contributed by atoms with van der Waals surface area (Å²) in [6.07, 6.45) is 2.39. The number of hydrogen-bond acceptors (Lipinski definition) is 4. The molecule has 0 aromatic rings. The number of nitrogens with one attached hydrogen (secondary N) is 2. The summed E-state index contributed by atoms with van der Waals surface area (Å²) in [7, 11) is 0. The average Bonchev–Trinajstić information content (AvgIpc) is 2.91. The van der Waals surface area contributed by atoms with Crippen LogP contribution < -0.4 is 10.6 Å². The maximum Gasteiger partial charge on any atom is 0.238 e. The van der Waals surface area contributed by atoms with Gasteiger partial charge in [-0.25, -0.2) is 0 Å². The van der Waals surface area contributed by atoms with Crippen molar-refractivity contribution in [2.45, 2.75) is 38.0 Å². The molecule has 2 saturated heterocycles. The van der Waals surface area contributed by atoms with Crippen molar-refractivity contribution >= 4 is 30.1 Å². The molecule has 0 saturated carbocycles. The molecule has 4 nitrogen and oxygen atoms in total. The summed E-state index contributed by atoms with van der Waals surface area (Å²) in [5, 5.41) is 6.19. The van der Waals surface area contributed by atoms with Crippen LogP contribution in [-0.2, 0) is 9.53 Å². The first-order valence-electron chi connectivity index (χ1n) is 5.50. The summed E-state index contributed by atoms with van der Waals surface area (Å²) in [4.78, 5) is 11.8. The van der Waals surface area contributed by atoms with Crippen molar-refractivity contribution in [3.05, 3.63) is 0 Å². The highest BCUT2D eigenvalue weighted by molar-refractivity contribution is 7.99. The number of halogens is 1. The van der Waals surface area contributed by atoms with Crippen LogP contribution in [0.25, 0.3) is 0 Å². The van der Waals surface area contributed by atoms with Crippen LogP contribution in [-0.4, -0.2) is 42.3 Å². The minimum absolute atomic E-state index is 0. The van der Waals surface area contributed by atoms with E-state index >= 15 is 0 Å². The SMILES string of the molecule is CC(NC(=O)[C@H]1CSCN1)C1CCCO1.Cl. The highest BCUT2D eigenvalue weighted by Gasteiger charge is 2.28. The molecule has 0 aromatic heterocycles. The average molecular weight is 267 g/mol. The zero-order valence-electron chi connectivity index (χ0n) is 9.40. The molecule has 2 heterocycles. The van der Waals surface area contributed by atoms with Crippen molar-refractivity contribution in [3.8, 4) is 0 Å². The Balaban J connectivity index is 0.00000128. The lowest BCUT2D eigenvalue weighted by Gasteiger charge is -2.21. The van der Waals surface area contributed by atoms with Gasteiger partial charge in [0.05, 0.1) is 18.2 Å². The van der Waals surface area contributed by atoms with Crippen LogP contribution in [0.5, 0.6) is 0 Å². The predicted molar refractivity (Wildman–Crippen MR) is 68.1 cm³/mol. The Hall–Kier alpha value is 0.0300. The smallest absolute Gasteiger partial charge is 0.238 e. The summed E-state index contributed by atoms with van der Waals surface area (Å²) in [5.41, 5.74) is 0. The van der Waals surface area contributed by atoms with Crippen LogP contribution in [0.15, 0.2) is 0 Å². The number of ether oxygens (including phenoxy) is 1. The monoisotopic (exact) mass is 266 g/mol. The second-order valence-electron chi connectivity index (χ2n) is 4.12. The maximum atomic E-state index is 11.8. The number of carbonyl (C=O) groups excluding carboxylic acids is 1. The third-order valence-electron chi connectivity index (χ3n) is 2.93. The van der Waals surface area contributed by atoms with Gasteiger partial charge < -0.3 is 10.1 Å². The molecule has 2 rings (SSSR count). The van der Waals surface area contributed by atoms with Crippen molar-refractivity contribution < 1.29 is 9.53 Å². The fourth-order valence-electron chi connectivity index (χ4n) is 1.98. The van der Waals surface area contributed by atoms with Crippen molar-refractivity contribution in [2.24, 2.45) is 0 Å². The molecule has 3 atom stereocenters. The first-order chi connectivity index (χ1) is 7.27. The summed E-state index contributed by atoms with van der Waals surface area (Å²) >= 11 is 1.77. The van der Waals surface area contributed by atoms with Gasteiger partial charge in [0.1, 0.15) is 0 Å². The van der Waals surface area contributed by atoms with Gasteiger partial charge in [0.25, 0.3) is 0 Å². The fraction of sp³-hybridized carbons (Fsp3) is 0.900. The van der Waals surface area contributed by atoms with Gasteiger partial charge in [-0.05, 0) is 19.8 Å². The molecule has 1 amide bonds. The van der Waals surface area contributed by atoms with E-state index in [-0.39, 0.29) is 36.5 Å². The van der Waals surface area contributed by atoms with E-state index in [0.29, 0.717) is 0 Å². The summed E-state index contributed by atoms with van der Waals surface area (Å²) in [6, 6.07) is 0.117. The van der Waals surface area contributed by atoms with E-state index in [1.54, 1.807) is 11.8 Å². The quantitative estimate of drug-likeness (QED) is 0.792. The summed E-state index contributed by atoms with van der Waals surface area (Å²) < 4.78 is 5.54. The van der Waals surface area contributed by atoms with Gasteiger partial charge in [0.2, 0.25) is 5.91 Å². The molecule has 0 aliphatic carbocycles. The normalized spacial score (nSPS) is 30.8. The van der Waals surface area contributed by atoms with E-state index in [4.69, 9.17) is 4.74 Å². The number of thioether (sulfide) groups is 1. The molecule has 0 aromatic carbocycles. The fourth-order valence-corrected chi connectivity index (χ4v) is 2.92.